The van der Waals surface area contributed by atoms with Crippen molar-refractivity contribution in [1.29, 1.82) is 0 Å². The van der Waals surface area contributed by atoms with Gasteiger partial charge in [-0.3, -0.25) is 0 Å². The van der Waals surface area contributed by atoms with Crippen LogP contribution in [0.4, 0.5) is 5.69 Å². The minimum absolute atomic E-state index is 0.440. The van der Waals surface area contributed by atoms with Crippen molar-refractivity contribution in [3.63, 3.8) is 0 Å². The first-order valence-electron chi connectivity index (χ1n) is 5.85. The van der Waals surface area contributed by atoms with Gasteiger partial charge in [0.2, 0.25) is 0 Å². The van der Waals surface area contributed by atoms with Gasteiger partial charge in [-0.1, -0.05) is 12.1 Å². The maximum atomic E-state index is 5.58. The molecule has 0 aromatic heterocycles. The average molecular weight is 243 g/mol. The van der Waals surface area contributed by atoms with Crippen LogP contribution in [0.5, 0.6) is 11.5 Å². The Kier molecular flexibility index (Phi) is 4.07. The van der Waals surface area contributed by atoms with Gasteiger partial charge >= 0.3 is 0 Å². The summed E-state index contributed by atoms with van der Waals surface area (Å²) in [4.78, 5) is 0. The standard InChI is InChI=1S/C15H17NO2/c1-12-4-3-5-13(10-12)16-11-18-15-8-6-14(17-2)7-9-15/h3-10,16H,11H2,1-2H3. The summed E-state index contributed by atoms with van der Waals surface area (Å²) < 4.78 is 10.7. The summed E-state index contributed by atoms with van der Waals surface area (Å²) >= 11 is 0. The zero-order chi connectivity index (χ0) is 12.8. The van der Waals surface area contributed by atoms with Gasteiger partial charge < -0.3 is 14.8 Å². The molecule has 0 spiro atoms. The van der Waals surface area contributed by atoms with Crippen LogP contribution in [0.3, 0.4) is 0 Å². The fraction of sp³-hybridized carbons (Fsp3) is 0.200. The highest BCUT2D eigenvalue weighted by Gasteiger charge is 1.95. The Bertz CT molecular complexity index is 494. The van der Waals surface area contributed by atoms with Gasteiger partial charge in [-0.05, 0) is 48.9 Å². The molecule has 0 atom stereocenters. The molecular formula is C15H17NO2. The molecule has 2 aromatic carbocycles. The molecule has 0 aliphatic heterocycles. The van der Waals surface area contributed by atoms with Crippen molar-refractivity contribution in [2.24, 2.45) is 0 Å². The molecule has 0 amide bonds. The monoisotopic (exact) mass is 243 g/mol. The van der Waals surface area contributed by atoms with E-state index >= 15 is 0 Å². The van der Waals surface area contributed by atoms with E-state index in [0.29, 0.717) is 6.73 Å². The van der Waals surface area contributed by atoms with Crippen LogP contribution in [0.1, 0.15) is 5.56 Å². The number of ether oxygens (including phenoxy) is 2. The Hall–Kier alpha value is -2.16. The van der Waals surface area contributed by atoms with Crippen LogP contribution in [-0.4, -0.2) is 13.8 Å². The van der Waals surface area contributed by atoms with Crippen LogP contribution in [0.2, 0.25) is 0 Å². The minimum atomic E-state index is 0.440. The number of aryl methyl sites for hydroxylation is 1. The second-order valence-electron chi connectivity index (χ2n) is 4.01. The maximum Gasteiger partial charge on any atom is 0.159 e. The van der Waals surface area contributed by atoms with Gasteiger partial charge in [-0.2, -0.15) is 0 Å². The Morgan fingerprint density at radius 3 is 2.39 bits per heavy atom. The molecule has 0 aliphatic rings. The van der Waals surface area contributed by atoms with E-state index in [4.69, 9.17) is 9.47 Å². The van der Waals surface area contributed by atoms with E-state index < -0.39 is 0 Å². The maximum absolute atomic E-state index is 5.58. The molecule has 0 saturated carbocycles. The van der Waals surface area contributed by atoms with Crippen LogP contribution < -0.4 is 14.8 Å². The molecule has 0 saturated heterocycles. The summed E-state index contributed by atoms with van der Waals surface area (Å²) in [6.07, 6.45) is 0. The predicted octanol–water partition coefficient (Wildman–Crippen LogP) is 3.45. The molecular weight excluding hydrogens is 226 g/mol. The van der Waals surface area contributed by atoms with Gasteiger partial charge in [-0.15, -0.1) is 0 Å². The molecule has 3 nitrogen and oxygen atoms in total. The molecule has 0 heterocycles. The number of hydrogen-bond donors (Lipinski definition) is 1. The van der Waals surface area contributed by atoms with Gasteiger partial charge in [0.25, 0.3) is 0 Å². The van der Waals surface area contributed by atoms with Crippen LogP contribution >= 0.6 is 0 Å². The van der Waals surface area contributed by atoms with Gasteiger partial charge in [0, 0.05) is 5.69 Å². The van der Waals surface area contributed by atoms with Crippen molar-refractivity contribution in [1.82, 2.24) is 0 Å². The first kappa shape index (κ1) is 12.3. The van der Waals surface area contributed by atoms with Crippen molar-refractivity contribution in [3.05, 3.63) is 54.1 Å². The SMILES string of the molecule is COc1ccc(OCNc2cccc(C)c2)cc1. The predicted molar refractivity (Wildman–Crippen MR) is 73.3 cm³/mol. The van der Waals surface area contributed by atoms with Crippen LogP contribution in [0.25, 0.3) is 0 Å². The smallest absolute Gasteiger partial charge is 0.159 e. The average Bonchev–Trinajstić information content (AvgIpc) is 2.40. The van der Waals surface area contributed by atoms with Gasteiger partial charge in [0.15, 0.2) is 6.73 Å². The van der Waals surface area contributed by atoms with Gasteiger partial charge in [-0.25, -0.2) is 0 Å². The highest BCUT2D eigenvalue weighted by atomic mass is 16.5. The Labute approximate surface area is 107 Å². The van der Waals surface area contributed by atoms with E-state index in [2.05, 4.69) is 24.4 Å². The Balaban J connectivity index is 1.84. The Morgan fingerprint density at radius 1 is 1.00 bits per heavy atom. The lowest BCUT2D eigenvalue weighted by molar-refractivity contribution is 0.345. The fourth-order valence-electron chi connectivity index (χ4n) is 1.63. The van der Waals surface area contributed by atoms with Crippen molar-refractivity contribution in [2.45, 2.75) is 6.92 Å². The number of anilines is 1. The van der Waals surface area contributed by atoms with Gasteiger partial charge in [0.1, 0.15) is 11.5 Å². The lowest BCUT2D eigenvalue weighted by Crippen LogP contribution is -2.08. The normalized spacial score (nSPS) is 9.89. The summed E-state index contributed by atoms with van der Waals surface area (Å²) in [7, 11) is 1.65. The Morgan fingerprint density at radius 2 is 1.72 bits per heavy atom. The van der Waals surface area contributed by atoms with Crippen LogP contribution in [0.15, 0.2) is 48.5 Å². The quantitative estimate of drug-likeness (QED) is 0.816. The molecule has 2 aromatic rings. The summed E-state index contributed by atoms with van der Waals surface area (Å²) in [5.41, 5.74) is 2.29. The molecule has 18 heavy (non-hydrogen) atoms. The molecule has 1 N–H and O–H groups in total. The molecule has 0 bridgehead atoms. The van der Waals surface area contributed by atoms with Crippen molar-refractivity contribution in [3.8, 4) is 11.5 Å². The molecule has 3 heteroatoms. The second-order valence-corrected chi connectivity index (χ2v) is 4.01. The largest absolute Gasteiger partial charge is 0.497 e. The lowest BCUT2D eigenvalue weighted by atomic mass is 10.2. The van der Waals surface area contributed by atoms with E-state index in [1.54, 1.807) is 7.11 Å². The molecule has 0 aliphatic carbocycles. The third-order valence-corrected chi connectivity index (χ3v) is 2.59. The number of benzene rings is 2. The molecule has 94 valence electrons. The number of nitrogens with one attached hydrogen (secondary N) is 1. The molecule has 0 fully saturated rings. The second kappa shape index (κ2) is 5.96. The summed E-state index contributed by atoms with van der Waals surface area (Å²) in [6, 6.07) is 15.7. The van der Waals surface area contributed by atoms with E-state index in [1.165, 1.54) is 5.56 Å². The van der Waals surface area contributed by atoms with E-state index in [9.17, 15) is 0 Å². The highest BCUT2D eigenvalue weighted by Crippen LogP contribution is 2.17. The highest BCUT2D eigenvalue weighted by molar-refractivity contribution is 5.45. The third-order valence-electron chi connectivity index (χ3n) is 2.59. The first-order valence-corrected chi connectivity index (χ1v) is 5.85. The van der Waals surface area contributed by atoms with Crippen molar-refractivity contribution < 1.29 is 9.47 Å². The van der Waals surface area contributed by atoms with Crippen molar-refractivity contribution in [2.75, 3.05) is 19.2 Å². The van der Waals surface area contributed by atoms with Crippen molar-refractivity contribution >= 4 is 5.69 Å². The minimum Gasteiger partial charge on any atom is -0.497 e. The van der Waals surface area contributed by atoms with Crippen LogP contribution in [0, 0.1) is 6.92 Å². The number of hydrogen-bond acceptors (Lipinski definition) is 3. The number of methoxy groups -OCH3 is 1. The first-order chi connectivity index (χ1) is 8.78. The molecule has 0 unspecified atom stereocenters. The lowest BCUT2D eigenvalue weighted by Gasteiger charge is -2.09. The topological polar surface area (TPSA) is 30.5 Å². The summed E-state index contributed by atoms with van der Waals surface area (Å²) in [5.74, 6) is 1.64. The number of rotatable bonds is 5. The fourth-order valence-corrected chi connectivity index (χ4v) is 1.63. The third kappa shape index (κ3) is 3.42. The van der Waals surface area contributed by atoms with Crippen LogP contribution in [-0.2, 0) is 0 Å². The van der Waals surface area contributed by atoms with E-state index in [-0.39, 0.29) is 0 Å². The van der Waals surface area contributed by atoms with Gasteiger partial charge in [0.05, 0.1) is 7.11 Å². The summed E-state index contributed by atoms with van der Waals surface area (Å²) in [6.45, 7) is 2.51. The summed E-state index contributed by atoms with van der Waals surface area (Å²) in [5, 5.41) is 3.21. The van der Waals surface area contributed by atoms with E-state index in [0.717, 1.165) is 17.2 Å². The zero-order valence-corrected chi connectivity index (χ0v) is 10.6. The zero-order valence-electron chi connectivity index (χ0n) is 10.6. The molecule has 0 radical (unpaired) electrons. The van der Waals surface area contributed by atoms with E-state index in [1.807, 2.05) is 36.4 Å². The molecule has 2 rings (SSSR count).